The van der Waals surface area contributed by atoms with Gasteiger partial charge in [0.25, 0.3) is 11.5 Å². The Bertz CT molecular complexity index is 870. The standard InChI is InChI=1S/C21H29N3O4/c1-27-13-11-23(12-14-28-2)20(25)16-8-9-17-18(15-16)22-19-7-5-3-4-6-10-24(19)21(17)26/h8-9,15H,3-7,10-14H2,1-2H3. The number of hydrogen-bond acceptors (Lipinski definition) is 5. The van der Waals surface area contributed by atoms with Crippen LogP contribution < -0.4 is 5.56 Å². The van der Waals surface area contributed by atoms with Gasteiger partial charge in [-0.3, -0.25) is 14.2 Å². The summed E-state index contributed by atoms with van der Waals surface area (Å²) in [6, 6.07) is 5.19. The molecule has 0 saturated carbocycles. The normalized spacial score (nSPS) is 14.4. The van der Waals surface area contributed by atoms with Crippen LogP contribution in [0.3, 0.4) is 0 Å². The van der Waals surface area contributed by atoms with Gasteiger partial charge in [-0.05, 0) is 31.0 Å². The van der Waals surface area contributed by atoms with Crippen LogP contribution in [-0.2, 0) is 22.4 Å². The van der Waals surface area contributed by atoms with E-state index in [0.717, 1.165) is 38.1 Å². The zero-order chi connectivity index (χ0) is 19.9. The van der Waals surface area contributed by atoms with Gasteiger partial charge in [0.2, 0.25) is 0 Å². The van der Waals surface area contributed by atoms with Crippen molar-refractivity contribution < 1.29 is 14.3 Å². The van der Waals surface area contributed by atoms with Crippen LogP contribution in [0.5, 0.6) is 0 Å². The van der Waals surface area contributed by atoms with Crippen molar-refractivity contribution in [1.29, 1.82) is 0 Å². The Morgan fingerprint density at radius 1 is 1.11 bits per heavy atom. The zero-order valence-electron chi connectivity index (χ0n) is 16.8. The molecule has 0 unspecified atom stereocenters. The molecule has 28 heavy (non-hydrogen) atoms. The lowest BCUT2D eigenvalue weighted by Gasteiger charge is -2.22. The molecule has 1 aliphatic heterocycles. The number of aryl methyl sites for hydroxylation is 1. The molecule has 152 valence electrons. The van der Waals surface area contributed by atoms with Gasteiger partial charge in [-0.15, -0.1) is 0 Å². The largest absolute Gasteiger partial charge is 0.383 e. The van der Waals surface area contributed by atoms with Crippen molar-refractivity contribution >= 4 is 16.8 Å². The van der Waals surface area contributed by atoms with Gasteiger partial charge in [-0.25, -0.2) is 4.98 Å². The lowest BCUT2D eigenvalue weighted by molar-refractivity contribution is 0.0627. The minimum atomic E-state index is -0.107. The number of hydrogen-bond donors (Lipinski definition) is 0. The summed E-state index contributed by atoms with van der Waals surface area (Å²) in [6.07, 6.45) is 5.16. The molecule has 0 fully saturated rings. The second kappa shape index (κ2) is 9.80. The number of rotatable bonds is 7. The molecule has 7 nitrogen and oxygen atoms in total. The monoisotopic (exact) mass is 387 g/mol. The van der Waals surface area contributed by atoms with Crippen LogP contribution in [0.1, 0.15) is 41.9 Å². The number of aromatic nitrogens is 2. The van der Waals surface area contributed by atoms with Gasteiger partial charge in [-0.2, -0.15) is 0 Å². The van der Waals surface area contributed by atoms with E-state index in [1.54, 1.807) is 37.3 Å². The SMILES string of the molecule is COCCN(CCOC)C(=O)c1ccc2c(=O)n3c(nc2c1)CCCCCC3. The molecular weight excluding hydrogens is 358 g/mol. The van der Waals surface area contributed by atoms with Gasteiger partial charge >= 0.3 is 0 Å². The molecule has 1 aliphatic rings. The van der Waals surface area contributed by atoms with E-state index in [-0.39, 0.29) is 11.5 Å². The van der Waals surface area contributed by atoms with E-state index in [4.69, 9.17) is 14.5 Å². The van der Waals surface area contributed by atoms with E-state index in [2.05, 4.69) is 0 Å². The highest BCUT2D eigenvalue weighted by Gasteiger charge is 2.18. The molecule has 0 radical (unpaired) electrons. The van der Waals surface area contributed by atoms with E-state index >= 15 is 0 Å². The van der Waals surface area contributed by atoms with Gasteiger partial charge in [0.05, 0.1) is 24.1 Å². The first-order chi connectivity index (χ1) is 13.7. The third kappa shape index (κ3) is 4.59. The first kappa shape index (κ1) is 20.5. The average Bonchev–Trinajstić information content (AvgIpc) is 2.69. The summed E-state index contributed by atoms with van der Waals surface area (Å²) in [4.78, 5) is 32.4. The van der Waals surface area contributed by atoms with E-state index in [1.807, 2.05) is 4.57 Å². The first-order valence-corrected chi connectivity index (χ1v) is 9.96. The fraction of sp³-hybridized carbons (Fsp3) is 0.571. The molecule has 3 rings (SSSR count). The second-order valence-electron chi connectivity index (χ2n) is 7.16. The summed E-state index contributed by atoms with van der Waals surface area (Å²) in [7, 11) is 3.22. The molecule has 0 spiro atoms. The van der Waals surface area contributed by atoms with Crippen LogP contribution in [0.4, 0.5) is 0 Å². The van der Waals surface area contributed by atoms with Crippen molar-refractivity contribution in [2.75, 3.05) is 40.5 Å². The van der Waals surface area contributed by atoms with Crippen LogP contribution in [0.25, 0.3) is 10.9 Å². The van der Waals surface area contributed by atoms with Gasteiger partial charge in [0.15, 0.2) is 0 Å². The number of methoxy groups -OCH3 is 2. The van der Waals surface area contributed by atoms with Crippen molar-refractivity contribution in [1.82, 2.24) is 14.5 Å². The summed E-state index contributed by atoms with van der Waals surface area (Å²) in [5.74, 6) is 0.724. The van der Waals surface area contributed by atoms with Crippen molar-refractivity contribution in [3.63, 3.8) is 0 Å². The molecule has 0 bridgehead atoms. The molecule has 2 aromatic rings. The number of fused-ring (bicyclic) bond motifs is 2. The topological polar surface area (TPSA) is 73.7 Å². The molecule has 0 aliphatic carbocycles. The Kier molecular flexibility index (Phi) is 7.17. The zero-order valence-corrected chi connectivity index (χ0v) is 16.8. The maximum Gasteiger partial charge on any atom is 0.261 e. The Hall–Kier alpha value is -2.25. The fourth-order valence-electron chi connectivity index (χ4n) is 3.63. The predicted molar refractivity (Wildman–Crippen MR) is 108 cm³/mol. The molecule has 1 aromatic carbocycles. The fourth-order valence-corrected chi connectivity index (χ4v) is 3.63. The van der Waals surface area contributed by atoms with E-state index in [9.17, 15) is 9.59 Å². The summed E-state index contributed by atoms with van der Waals surface area (Å²) >= 11 is 0. The lowest BCUT2D eigenvalue weighted by atomic mass is 10.1. The molecule has 0 atom stereocenters. The Morgan fingerprint density at radius 2 is 1.82 bits per heavy atom. The maximum atomic E-state index is 13.0. The molecule has 0 N–H and O–H groups in total. The molecule has 7 heteroatoms. The van der Waals surface area contributed by atoms with Crippen LogP contribution >= 0.6 is 0 Å². The average molecular weight is 387 g/mol. The summed E-state index contributed by atoms with van der Waals surface area (Å²) in [5, 5.41) is 0.571. The molecule has 0 saturated heterocycles. The molecule has 1 aromatic heterocycles. The Balaban J connectivity index is 1.95. The quantitative estimate of drug-likeness (QED) is 0.729. The second-order valence-corrected chi connectivity index (χ2v) is 7.16. The molecule has 2 heterocycles. The van der Waals surface area contributed by atoms with Crippen molar-refractivity contribution in [3.05, 3.63) is 39.9 Å². The summed E-state index contributed by atoms with van der Waals surface area (Å²) in [5.41, 5.74) is 1.13. The number of ether oxygens (including phenoxy) is 2. The van der Waals surface area contributed by atoms with Gasteiger partial charge in [0.1, 0.15) is 5.82 Å². The lowest BCUT2D eigenvalue weighted by Crippen LogP contribution is -2.36. The minimum absolute atomic E-state index is 0.00322. The third-order valence-corrected chi connectivity index (χ3v) is 5.23. The number of carbonyl (C=O) groups is 1. The summed E-state index contributed by atoms with van der Waals surface area (Å²) < 4.78 is 12.0. The van der Waals surface area contributed by atoms with Gasteiger partial charge < -0.3 is 14.4 Å². The maximum absolute atomic E-state index is 13.0. The highest BCUT2D eigenvalue weighted by Crippen LogP contribution is 2.17. The van der Waals surface area contributed by atoms with Crippen molar-refractivity contribution in [2.45, 2.75) is 38.6 Å². The highest BCUT2D eigenvalue weighted by molar-refractivity contribution is 5.97. The number of nitrogens with zero attached hydrogens (tertiary/aromatic N) is 3. The number of amides is 1. The van der Waals surface area contributed by atoms with Crippen molar-refractivity contribution in [2.24, 2.45) is 0 Å². The minimum Gasteiger partial charge on any atom is -0.383 e. The Morgan fingerprint density at radius 3 is 2.54 bits per heavy atom. The van der Waals surface area contributed by atoms with E-state index < -0.39 is 0 Å². The van der Waals surface area contributed by atoms with E-state index in [1.165, 1.54) is 6.42 Å². The summed E-state index contributed by atoms with van der Waals surface area (Å²) in [6.45, 7) is 2.60. The van der Waals surface area contributed by atoms with Crippen LogP contribution in [-0.4, -0.2) is 60.9 Å². The number of carbonyl (C=O) groups excluding carboxylic acids is 1. The van der Waals surface area contributed by atoms with Crippen molar-refractivity contribution in [3.8, 4) is 0 Å². The van der Waals surface area contributed by atoms with Crippen LogP contribution in [0, 0.1) is 0 Å². The number of benzene rings is 1. The van der Waals surface area contributed by atoms with Gasteiger partial charge in [-0.1, -0.05) is 12.8 Å². The smallest absolute Gasteiger partial charge is 0.261 e. The predicted octanol–water partition coefficient (Wildman–Crippen LogP) is 2.25. The molecule has 1 amide bonds. The van der Waals surface area contributed by atoms with Crippen LogP contribution in [0.15, 0.2) is 23.0 Å². The van der Waals surface area contributed by atoms with Crippen LogP contribution in [0.2, 0.25) is 0 Å². The van der Waals surface area contributed by atoms with E-state index in [0.29, 0.717) is 42.8 Å². The highest BCUT2D eigenvalue weighted by atomic mass is 16.5. The Labute approximate surface area is 165 Å². The first-order valence-electron chi connectivity index (χ1n) is 9.96. The van der Waals surface area contributed by atoms with Gasteiger partial charge in [0, 0.05) is 45.8 Å². The third-order valence-electron chi connectivity index (χ3n) is 5.23. The molecular formula is C21H29N3O4.